The van der Waals surface area contributed by atoms with Gasteiger partial charge in [0.05, 0.1) is 5.41 Å². The normalized spacial score (nSPS) is 12.6. The first-order chi connectivity index (χ1) is 37.2. The number of para-hydroxylation sites is 1. The van der Waals surface area contributed by atoms with E-state index in [-0.39, 0.29) is 0 Å². The summed E-state index contributed by atoms with van der Waals surface area (Å²) in [5, 5.41) is 2.23. The molecule has 0 N–H and O–H groups in total. The fourth-order valence-electron chi connectivity index (χ4n) is 12.6. The Bertz CT molecular complexity index is 4290. The summed E-state index contributed by atoms with van der Waals surface area (Å²) in [7, 11) is 0. The molecule has 12 aromatic carbocycles. The third-order valence-electron chi connectivity index (χ3n) is 15.9. The van der Waals surface area contributed by atoms with Crippen LogP contribution < -0.4 is 4.90 Å². The minimum Gasteiger partial charge on any atom is -0.455 e. The maximum Gasteiger partial charge on any atom is 0.143 e. The summed E-state index contributed by atoms with van der Waals surface area (Å²) in [5.74, 6) is 0. The summed E-state index contributed by atoms with van der Waals surface area (Å²) in [6, 6.07) is 104. The van der Waals surface area contributed by atoms with E-state index in [4.69, 9.17) is 4.42 Å². The summed E-state index contributed by atoms with van der Waals surface area (Å²) in [6.45, 7) is 0. The molecule has 0 fully saturated rings. The highest BCUT2D eigenvalue weighted by molar-refractivity contribution is 6.10. The zero-order valence-corrected chi connectivity index (χ0v) is 41.0. The lowest BCUT2D eigenvalue weighted by atomic mass is 9.70. The van der Waals surface area contributed by atoms with Gasteiger partial charge in [0.15, 0.2) is 0 Å². The molecular formula is C73H47NO. The molecule has 1 aromatic heterocycles. The molecule has 15 rings (SSSR count). The summed E-state index contributed by atoms with van der Waals surface area (Å²) in [4.78, 5) is 2.42. The number of hydrogen-bond donors (Lipinski definition) is 0. The molecule has 2 heteroatoms. The first-order valence-electron chi connectivity index (χ1n) is 25.9. The van der Waals surface area contributed by atoms with Crippen LogP contribution >= 0.6 is 0 Å². The van der Waals surface area contributed by atoms with Crippen LogP contribution in [0.15, 0.2) is 290 Å². The topological polar surface area (TPSA) is 16.4 Å². The van der Waals surface area contributed by atoms with Gasteiger partial charge in [-0.25, -0.2) is 0 Å². The highest BCUT2D eigenvalue weighted by atomic mass is 16.3. The zero-order valence-electron chi connectivity index (χ0n) is 41.0. The summed E-state index contributed by atoms with van der Waals surface area (Å²) >= 11 is 0. The quantitative estimate of drug-likeness (QED) is 0.151. The van der Waals surface area contributed by atoms with E-state index in [1.165, 1.54) is 72.3 Å². The highest BCUT2D eigenvalue weighted by Gasteiger charge is 2.51. The van der Waals surface area contributed by atoms with E-state index in [2.05, 4.69) is 290 Å². The second-order valence-corrected chi connectivity index (χ2v) is 19.9. The van der Waals surface area contributed by atoms with E-state index in [9.17, 15) is 0 Å². The fourth-order valence-corrected chi connectivity index (χ4v) is 12.6. The molecule has 0 bridgehead atoms. The van der Waals surface area contributed by atoms with Crippen LogP contribution in [0.4, 0.5) is 17.1 Å². The van der Waals surface area contributed by atoms with Crippen molar-refractivity contribution in [2.45, 2.75) is 5.41 Å². The molecule has 0 amide bonds. The van der Waals surface area contributed by atoms with Gasteiger partial charge in [0.2, 0.25) is 0 Å². The molecule has 0 saturated heterocycles. The minimum atomic E-state index is -0.414. The molecule has 2 nitrogen and oxygen atoms in total. The summed E-state index contributed by atoms with van der Waals surface area (Å²) in [6.07, 6.45) is 0. The Morgan fingerprint density at radius 2 is 0.653 bits per heavy atom. The molecule has 75 heavy (non-hydrogen) atoms. The minimum absolute atomic E-state index is 0.414. The Morgan fingerprint density at radius 1 is 0.240 bits per heavy atom. The van der Waals surface area contributed by atoms with Crippen molar-refractivity contribution in [1.29, 1.82) is 0 Å². The standard InChI is InChI=1S/C73H47NO/c1-3-18-49(19-4-1)56-22-7-9-24-59(56)60-25-10-8-23-57(60)51-36-41-54(42-37-51)74(53-39-34-48(35-40-53)52-38-45-71-66(46-52)64-30-17-29-58(72(64)75-71)50-20-5-2-6-21-50)55-43-44-70-65(47-55)63-28-13-16-33-69(63)73(70)67-31-14-11-26-61(67)62-27-12-15-32-68(62)73/h1-47H. The van der Waals surface area contributed by atoms with Gasteiger partial charge < -0.3 is 9.32 Å². The van der Waals surface area contributed by atoms with Crippen molar-refractivity contribution in [1.82, 2.24) is 0 Å². The van der Waals surface area contributed by atoms with E-state index >= 15 is 0 Å². The molecule has 0 aliphatic heterocycles. The van der Waals surface area contributed by atoms with Gasteiger partial charge in [-0.1, -0.05) is 237 Å². The Balaban J connectivity index is 0.863. The Kier molecular flexibility index (Phi) is 9.83. The van der Waals surface area contributed by atoms with Gasteiger partial charge >= 0.3 is 0 Å². The molecule has 0 saturated carbocycles. The number of benzene rings is 12. The van der Waals surface area contributed by atoms with E-state index in [0.717, 1.165) is 66.8 Å². The molecular weight excluding hydrogens is 907 g/mol. The second-order valence-electron chi connectivity index (χ2n) is 19.9. The maximum atomic E-state index is 6.58. The molecule has 2 aliphatic rings. The predicted molar refractivity (Wildman–Crippen MR) is 312 cm³/mol. The van der Waals surface area contributed by atoms with Crippen LogP contribution in [0.3, 0.4) is 0 Å². The van der Waals surface area contributed by atoms with E-state index in [0.29, 0.717) is 0 Å². The van der Waals surface area contributed by atoms with Crippen molar-refractivity contribution < 1.29 is 4.42 Å². The first-order valence-corrected chi connectivity index (χ1v) is 25.9. The Labute approximate surface area is 436 Å². The van der Waals surface area contributed by atoms with Gasteiger partial charge in [-0.3, -0.25) is 0 Å². The average molecular weight is 954 g/mol. The average Bonchev–Trinajstić information content (AvgIpc) is 4.20. The van der Waals surface area contributed by atoms with Crippen LogP contribution in [0.1, 0.15) is 22.3 Å². The number of fused-ring (bicyclic) bond motifs is 13. The van der Waals surface area contributed by atoms with Gasteiger partial charge in [0.25, 0.3) is 0 Å². The molecule has 0 unspecified atom stereocenters. The van der Waals surface area contributed by atoms with Crippen molar-refractivity contribution >= 4 is 39.0 Å². The van der Waals surface area contributed by atoms with Crippen molar-refractivity contribution in [3.05, 3.63) is 307 Å². The van der Waals surface area contributed by atoms with Gasteiger partial charge in [0, 0.05) is 33.4 Å². The van der Waals surface area contributed by atoms with Gasteiger partial charge in [-0.15, -0.1) is 0 Å². The smallest absolute Gasteiger partial charge is 0.143 e. The first kappa shape index (κ1) is 42.9. The monoisotopic (exact) mass is 953 g/mol. The molecule has 1 heterocycles. The van der Waals surface area contributed by atoms with Crippen LogP contribution in [0, 0.1) is 0 Å². The van der Waals surface area contributed by atoms with Crippen LogP contribution in [0.25, 0.3) is 99.8 Å². The van der Waals surface area contributed by atoms with Crippen molar-refractivity contribution in [2.24, 2.45) is 0 Å². The number of anilines is 3. The molecule has 350 valence electrons. The second kappa shape index (κ2) is 17.2. The molecule has 0 atom stereocenters. The van der Waals surface area contributed by atoms with Crippen LogP contribution in [0.2, 0.25) is 0 Å². The Morgan fingerprint density at radius 3 is 1.23 bits per heavy atom. The molecule has 13 aromatic rings. The van der Waals surface area contributed by atoms with Crippen LogP contribution in [-0.4, -0.2) is 0 Å². The number of hydrogen-bond acceptors (Lipinski definition) is 2. The van der Waals surface area contributed by atoms with Crippen LogP contribution in [0.5, 0.6) is 0 Å². The largest absolute Gasteiger partial charge is 0.455 e. The van der Waals surface area contributed by atoms with E-state index in [1.807, 2.05) is 0 Å². The van der Waals surface area contributed by atoms with E-state index < -0.39 is 5.41 Å². The molecule has 0 radical (unpaired) electrons. The summed E-state index contributed by atoms with van der Waals surface area (Å²) < 4.78 is 6.58. The van der Waals surface area contributed by atoms with Crippen LogP contribution in [-0.2, 0) is 5.41 Å². The predicted octanol–water partition coefficient (Wildman–Crippen LogP) is 19.7. The number of nitrogens with zero attached hydrogens (tertiary/aromatic N) is 1. The number of rotatable bonds is 8. The van der Waals surface area contributed by atoms with Crippen molar-refractivity contribution in [3.8, 4) is 77.9 Å². The van der Waals surface area contributed by atoms with Gasteiger partial charge in [-0.05, 0) is 143 Å². The number of furan rings is 1. The lowest BCUT2D eigenvalue weighted by Gasteiger charge is -2.31. The Hall–Kier alpha value is -9.76. The maximum absolute atomic E-state index is 6.58. The lowest BCUT2D eigenvalue weighted by molar-refractivity contribution is 0.670. The van der Waals surface area contributed by atoms with Gasteiger partial charge in [0.1, 0.15) is 11.2 Å². The molecule has 1 spiro atoms. The molecule has 2 aliphatic carbocycles. The van der Waals surface area contributed by atoms with E-state index in [1.54, 1.807) is 0 Å². The van der Waals surface area contributed by atoms with Crippen molar-refractivity contribution in [2.75, 3.05) is 4.90 Å². The van der Waals surface area contributed by atoms with Crippen molar-refractivity contribution in [3.63, 3.8) is 0 Å². The summed E-state index contributed by atoms with van der Waals surface area (Å²) in [5.41, 5.74) is 26.9. The lowest BCUT2D eigenvalue weighted by Crippen LogP contribution is -2.25. The SMILES string of the molecule is c1ccc(-c2ccccc2-c2ccccc2-c2ccc(N(c3ccc(-c4ccc5oc6c(-c7ccccc7)cccc6c5c4)cc3)c3ccc4c(c3)-c3ccccc3C43c4ccccc4-c4ccccc43)cc2)cc1. The third kappa shape index (κ3) is 6.66. The van der Waals surface area contributed by atoms with Gasteiger partial charge in [-0.2, -0.15) is 0 Å². The third-order valence-corrected chi connectivity index (χ3v) is 15.9. The fraction of sp³-hybridized carbons (Fsp3) is 0.0137. The highest BCUT2D eigenvalue weighted by Crippen LogP contribution is 2.63. The zero-order chi connectivity index (χ0) is 49.5.